The highest BCUT2D eigenvalue weighted by molar-refractivity contribution is 7.13. The van der Waals surface area contributed by atoms with Crippen LogP contribution in [-0.4, -0.2) is 16.1 Å². The molecule has 1 heterocycles. The van der Waals surface area contributed by atoms with E-state index >= 15 is 0 Å². The summed E-state index contributed by atoms with van der Waals surface area (Å²) >= 11 is 1.27. The first-order valence-electron chi connectivity index (χ1n) is 6.17. The lowest BCUT2D eigenvalue weighted by molar-refractivity contribution is 0.0701. The molecule has 1 aromatic heterocycles. The smallest absolute Gasteiger partial charge is 0.348 e. The quantitative estimate of drug-likeness (QED) is 0.897. The van der Waals surface area contributed by atoms with Gasteiger partial charge in [0.15, 0.2) is 0 Å². The lowest BCUT2D eigenvalue weighted by Gasteiger charge is -1.92. The molecule has 2 aromatic rings. The summed E-state index contributed by atoms with van der Waals surface area (Å²) in [7, 11) is 0. The van der Waals surface area contributed by atoms with Crippen LogP contribution in [0.15, 0.2) is 30.3 Å². The normalized spacial score (nSPS) is 11.0. The minimum atomic E-state index is -0.910. The second-order valence-electron chi connectivity index (χ2n) is 4.12. The molecule has 0 fully saturated rings. The minimum absolute atomic E-state index is 0.315. The Morgan fingerprint density at radius 2 is 2.05 bits per heavy atom. The Hall–Kier alpha value is -1.94. The van der Waals surface area contributed by atoms with E-state index in [1.807, 2.05) is 36.4 Å². The van der Waals surface area contributed by atoms with Crippen molar-refractivity contribution in [3.63, 3.8) is 0 Å². The molecule has 0 saturated carbocycles. The van der Waals surface area contributed by atoms with Crippen LogP contribution in [0.1, 0.15) is 39.3 Å². The maximum absolute atomic E-state index is 11.2. The van der Waals surface area contributed by atoms with E-state index in [1.54, 1.807) is 6.08 Å². The molecule has 0 aliphatic carbocycles. The first-order valence-corrected chi connectivity index (χ1v) is 6.98. The molecule has 0 aliphatic rings. The minimum Gasteiger partial charge on any atom is -0.477 e. The second kappa shape index (κ2) is 6.29. The van der Waals surface area contributed by atoms with Crippen LogP contribution < -0.4 is 0 Å². The van der Waals surface area contributed by atoms with E-state index in [1.165, 1.54) is 11.3 Å². The fourth-order valence-corrected chi connectivity index (χ4v) is 2.70. The van der Waals surface area contributed by atoms with Crippen molar-refractivity contribution in [3.05, 3.63) is 51.5 Å². The molecule has 0 aliphatic heterocycles. The van der Waals surface area contributed by atoms with Crippen LogP contribution in [0.5, 0.6) is 0 Å². The first-order chi connectivity index (χ1) is 9.20. The van der Waals surface area contributed by atoms with E-state index in [0.29, 0.717) is 10.6 Å². The van der Waals surface area contributed by atoms with Crippen molar-refractivity contribution >= 4 is 29.5 Å². The Labute approximate surface area is 116 Å². The molecule has 3 nitrogen and oxygen atoms in total. The number of carbonyl (C=O) groups is 1. The number of aryl methyl sites for hydroxylation is 1. The summed E-state index contributed by atoms with van der Waals surface area (Å²) < 4.78 is 0. The molecule has 19 heavy (non-hydrogen) atoms. The average Bonchev–Trinajstić information content (AvgIpc) is 2.81. The molecule has 0 spiro atoms. The van der Waals surface area contributed by atoms with Gasteiger partial charge in [-0.2, -0.15) is 0 Å². The van der Waals surface area contributed by atoms with Gasteiger partial charge in [-0.3, -0.25) is 0 Å². The van der Waals surface area contributed by atoms with Crippen LogP contribution in [0, 0.1) is 0 Å². The zero-order valence-electron chi connectivity index (χ0n) is 10.7. The molecular formula is C15H15NO2S. The van der Waals surface area contributed by atoms with E-state index < -0.39 is 5.97 Å². The number of carboxylic acids is 1. The third kappa shape index (κ3) is 3.51. The summed E-state index contributed by atoms with van der Waals surface area (Å²) in [4.78, 5) is 15.9. The number of benzene rings is 1. The number of aromatic carboxylic acids is 1. The van der Waals surface area contributed by atoms with Gasteiger partial charge in [0.1, 0.15) is 4.88 Å². The maximum Gasteiger partial charge on any atom is 0.348 e. The van der Waals surface area contributed by atoms with E-state index in [4.69, 9.17) is 0 Å². The number of hydrogen-bond donors (Lipinski definition) is 1. The van der Waals surface area contributed by atoms with Crippen molar-refractivity contribution in [2.24, 2.45) is 0 Å². The van der Waals surface area contributed by atoms with Crippen LogP contribution in [0.2, 0.25) is 0 Å². The molecule has 0 unspecified atom stereocenters. The molecule has 1 N–H and O–H groups in total. The van der Waals surface area contributed by atoms with Gasteiger partial charge in [-0.1, -0.05) is 43.3 Å². The summed E-state index contributed by atoms with van der Waals surface area (Å²) in [5.74, 6) is -0.910. The van der Waals surface area contributed by atoms with Gasteiger partial charge >= 0.3 is 5.97 Å². The van der Waals surface area contributed by atoms with Crippen molar-refractivity contribution < 1.29 is 9.90 Å². The molecule has 0 radical (unpaired) electrons. The predicted octanol–water partition coefficient (Wildman–Crippen LogP) is 3.96. The largest absolute Gasteiger partial charge is 0.477 e. The third-order valence-corrected chi connectivity index (χ3v) is 3.71. The second-order valence-corrected chi connectivity index (χ2v) is 5.20. The van der Waals surface area contributed by atoms with Gasteiger partial charge in [0.25, 0.3) is 0 Å². The van der Waals surface area contributed by atoms with Crippen molar-refractivity contribution in [2.75, 3.05) is 0 Å². The zero-order valence-corrected chi connectivity index (χ0v) is 11.5. The predicted molar refractivity (Wildman–Crippen MR) is 78.4 cm³/mol. The van der Waals surface area contributed by atoms with Crippen LogP contribution >= 0.6 is 11.3 Å². The zero-order chi connectivity index (χ0) is 13.7. The van der Waals surface area contributed by atoms with E-state index in [-0.39, 0.29) is 0 Å². The summed E-state index contributed by atoms with van der Waals surface area (Å²) in [5, 5.41) is 10.1. The lowest BCUT2D eigenvalue weighted by Crippen LogP contribution is -1.94. The van der Waals surface area contributed by atoms with Crippen molar-refractivity contribution in [3.8, 4) is 0 Å². The first kappa shape index (κ1) is 13.5. The summed E-state index contributed by atoms with van der Waals surface area (Å²) in [6.45, 7) is 2.06. The van der Waals surface area contributed by atoms with E-state index in [2.05, 4.69) is 11.9 Å². The van der Waals surface area contributed by atoms with Crippen LogP contribution in [0.4, 0.5) is 0 Å². The molecular weight excluding hydrogens is 258 g/mol. The fourth-order valence-electron chi connectivity index (χ4n) is 1.70. The number of aromatic nitrogens is 1. The van der Waals surface area contributed by atoms with Crippen molar-refractivity contribution in [1.82, 2.24) is 4.98 Å². The lowest BCUT2D eigenvalue weighted by atomic mass is 10.2. The monoisotopic (exact) mass is 273 g/mol. The maximum atomic E-state index is 11.2. The van der Waals surface area contributed by atoms with Gasteiger partial charge in [0.05, 0.1) is 10.7 Å². The Kier molecular flexibility index (Phi) is 4.47. The van der Waals surface area contributed by atoms with Gasteiger partial charge in [-0.15, -0.1) is 11.3 Å². The number of nitrogens with zero attached hydrogens (tertiary/aromatic N) is 1. The molecule has 98 valence electrons. The highest BCUT2D eigenvalue weighted by atomic mass is 32.1. The van der Waals surface area contributed by atoms with Crippen LogP contribution in [0.25, 0.3) is 12.2 Å². The van der Waals surface area contributed by atoms with Gasteiger partial charge in [-0.05, 0) is 24.5 Å². The topological polar surface area (TPSA) is 50.2 Å². The molecule has 1 aromatic carbocycles. The highest BCUT2D eigenvalue weighted by Gasteiger charge is 2.14. The van der Waals surface area contributed by atoms with Gasteiger partial charge in [0.2, 0.25) is 0 Å². The van der Waals surface area contributed by atoms with Gasteiger partial charge in [0, 0.05) is 0 Å². The fraction of sp³-hybridized carbons (Fsp3) is 0.200. The third-order valence-electron chi connectivity index (χ3n) is 2.59. The molecule has 0 amide bonds. The summed E-state index contributed by atoms with van der Waals surface area (Å²) in [6.07, 6.45) is 5.45. The Balaban J connectivity index is 2.28. The Morgan fingerprint density at radius 1 is 1.32 bits per heavy atom. The van der Waals surface area contributed by atoms with Gasteiger partial charge < -0.3 is 5.11 Å². The Morgan fingerprint density at radius 3 is 2.68 bits per heavy atom. The van der Waals surface area contributed by atoms with E-state index in [9.17, 15) is 9.90 Å². The van der Waals surface area contributed by atoms with Crippen LogP contribution in [0.3, 0.4) is 0 Å². The van der Waals surface area contributed by atoms with Crippen LogP contribution in [-0.2, 0) is 6.42 Å². The van der Waals surface area contributed by atoms with E-state index in [0.717, 1.165) is 23.4 Å². The molecule has 4 heteroatoms. The molecule has 2 rings (SSSR count). The summed E-state index contributed by atoms with van der Waals surface area (Å²) in [6, 6.07) is 9.78. The van der Waals surface area contributed by atoms with Gasteiger partial charge in [-0.25, -0.2) is 9.78 Å². The standard InChI is InChI=1S/C15H15NO2S/c1-2-6-13-16-12(14(19-13)15(17)18)10-9-11-7-4-3-5-8-11/h3-5,7-10H,2,6H2,1H3,(H,17,18)/b10-9+. The summed E-state index contributed by atoms with van der Waals surface area (Å²) in [5.41, 5.74) is 1.58. The molecule has 0 saturated heterocycles. The highest BCUT2D eigenvalue weighted by Crippen LogP contribution is 2.22. The van der Waals surface area contributed by atoms with Crippen molar-refractivity contribution in [1.29, 1.82) is 0 Å². The molecule has 0 atom stereocenters. The number of rotatable bonds is 5. The number of thiazole rings is 1. The molecule has 0 bridgehead atoms. The Bertz CT molecular complexity index is 587. The number of hydrogen-bond acceptors (Lipinski definition) is 3. The number of carboxylic acid groups (broad SMARTS) is 1. The average molecular weight is 273 g/mol. The SMILES string of the molecule is CCCc1nc(/C=C/c2ccccc2)c(C(=O)O)s1. The van der Waals surface area contributed by atoms with Crippen molar-refractivity contribution in [2.45, 2.75) is 19.8 Å².